The summed E-state index contributed by atoms with van der Waals surface area (Å²) >= 11 is -0.339. The van der Waals surface area contributed by atoms with E-state index in [2.05, 4.69) is 89.3 Å². The van der Waals surface area contributed by atoms with Crippen molar-refractivity contribution in [3.8, 4) is 0 Å². The molecule has 188 valence electrons. The van der Waals surface area contributed by atoms with E-state index in [1.165, 1.54) is 14.8 Å². The quantitative estimate of drug-likeness (QED) is 0.411. The standard InChI is InChI=1S/C28H27IN7O/c1-2-22(18-25(3-1)35-14-16-37-17-15-35)26-10-13-31-27(19-29-26)33-23-4-6-24(7-5-23)36-20-32-28(34-36)21-8-11-30-12-9-21/h1-13,18-19,33H,14-17,20H2,(H,32,34)/q-1. The molecule has 3 aliphatic rings. The van der Waals surface area contributed by atoms with Crippen LogP contribution < -0.4 is 41.9 Å². The summed E-state index contributed by atoms with van der Waals surface area (Å²) in [5.41, 5.74) is 8.98. The van der Waals surface area contributed by atoms with Crippen LogP contribution in [-0.2, 0) is 4.74 Å². The molecule has 3 aliphatic heterocycles. The van der Waals surface area contributed by atoms with Gasteiger partial charge < -0.3 is 0 Å². The van der Waals surface area contributed by atoms with Crippen LogP contribution in [0.4, 0.5) is 17.1 Å². The molecule has 0 saturated carbocycles. The van der Waals surface area contributed by atoms with Gasteiger partial charge in [0.2, 0.25) is 0 Å². The van der Waals surface area contributed by atoms with Crippen LogP contribution in [0.2, 0.25) is 0 Å². The molecule has 3 aromatic rings. The topological polar surface area (TPSA) is 77.4 Å². The number of aromatic nitrogens is 1. The Bertz CT molecular complexity index is 1360. The van der Waals surface area contributed by atoms with Crippen LogP contribution in [0, 0.1) is 0 Å². The minimum atomic E-state index is -0.339. The van der Waals surface area contributed by atoms with Crippen molar-refractivity contribution >= 4 is 32.7 Å². The van der Waals surface area contributed by atoms with Crippen molar-refractivity contribution in [2.45, 2.75) is 0 Å². The molecule has 2 N–H and O–H groups in total. The number of hydrazine groups is 1. The second-order valence-electron chi connectivity index (χ2n) is 8.64. The number of allylic oxidation sites excluding steroid dienone is 1. The van der Waals surface area contributed by atoms with E-state index < -0.39 is 0 Å². The molecule has 1 saturated heterocycles. The molecular formula is C28H27IN7O-. The summed E-state index contributed by atoms with van der Waals surface area (Å²) in [7, 11) is 0. The van der Waals surface area contributed by atoms with Gasteiger partial charge in [-0.2, -0.15) is 0 Å². The Hall–Kier alpha value is -3.70. The van der Waals surface area contributed by atoms with Gasteiger partial charge in [0.1, 0.15) is 0 Å². The average Bonchev–Trinajstić information content (AvgIpc) is 3.35. The van der Waals surface area contributed by atoms with E-state index >= 15 is 0 Å². The van der Waals surface area contributed by atoms with E-state index in [9.17, 15) is 0 Å². The van der Waals surface area contributed by atoms with E-state index in [4.69, 9.17) is 4.74 Å². The predicted molar refractivity (Wildman–Crippen MR) is 145 cm³/mol. The number of rotatable bonds is 6. The fraction of sp³-hybridized carbons (Fsp3) is 0.179. The molecule has 1 aromatic heterocycles. The number of nitrogens with zero attached hydrogens (tertiary/aromatic N) is 5. The number of amidine groups is 1. The number of pyridine rings is 1. The van der Waals surface area contributed by atoms with Crippen LogP contribution in [0.5, 0.6) is 0 Å². The summed E-state index contributed by atoms with van der Waals surface area (Å²) in [5, 5.41) is 5.49. The van der Waals surface area contributed by atoms with Gasteiger partial charge >= 0.3 is 210 Å². The summed E-state index contributed by atoms with van der Waals surface area (Å²) in [5.74, 6) is 1.74. The zero-order chi connectivity index (χ0) is 24.9. The maximum absolute atomic E-state index is 5.51. The van der Waals surface area contributed by atoms with E-state index in [0.29, 0.717) is 6.67 Å². The molecule has 0 spiro atoms. The summed E-state index contributed by atoms with van der Waals surface area (Å²) in [4.78, 5) is 15.7. The van der Waals surface area contributed by atoms with Gasteiger partial charge in [-0.3, -0.25) is 4.98 Å². The fourth-order valence-electron chi connectivity index (χ4n) is 4.27. The molecule has 4 heterocycles. The number of hydrogen-bond acceptors (Lipinski definition) is 8. The van der Waals surface area contributed by atoms with Crippen molar-refractivity contribution in [3.63, 3.8) is 0 Å². The summed E-state index contributed by atoms with van der Waals surface area (Å²) in [6.45, 7) is 4.03. The molecule has 0 radical (unpaired) electrons. The zero-order valence-corrected chi connectivity index (χ0v) is 22.4. The first-order valence-corrected chi connectivity index (χ1v) is 14.5. The maximum atomic E-state index is 5.51. The molecule has 0 atom stereocenters. The fourth-order valence-corrected chi connectivity index (χ4v) is 6.28. The average molecular weight is 604 g/mol. The SMILES string of the molecule is C1=NC(Nc2ccc(N3CN=C(c4ccncc4)N3)cc2)=C[I-]C(c2cccc(N3CCOCC3)c2)=C1. The summed E-state index contributed by atoms with van der Waals surface area (Å²) < 4.78 is 9.11. The zero-order valence-electron chi connectivity index (χ0n) is 20.2. The Morgan fingerprint density at radius 3 is 2.59 bits per heavy atom. The summed E-state index contributed by atoms with van der Waals surface area (Å²) in [6.07, 6.45) is 7.61. The van der Waals surface area contributed by atoms with Crippen molar-refractivity contribution in [2.24, 2.45) is 9.98 Å². The third-order valence-corrected chi connectivity index (χ3v) is 8.78. The molecule has 9 heteroatoms. The van der Waals surface area contributed by atoms with Crippen molar-refractivity contribution < 1.29 is 25.9 Å². The van der Waals surface area contributed by atoms with E-state index in [0.717, 1.165) is 54.9 Å². The molecule has 0 bridgehead atoms. The van der Waals surface area contributed by atoms with E-state index in [1.54, 1.807) is 12.4 Å². The van der Waals surface area contributed by atoms with Crippen LogP contribution in [0.3, 0.4) is 0 Å². The molecule has 0 amide bonds. The summed E-state index contributed by atoms with van der Waals surface area (Å²) in [6, 6.07) is 21.0. The number of halogens is 1. The Balaban J connectivity index is 1.07. The Kier molecular flexibility index (Phi) is 7.13. The van der Waals surface area contributed by atoms with Crippen LogP contribution >= 0.6 is 0 Å². The third-order valence-electron chi connectivity index (χ3n) is 6.22. The number of benzene rings is 2. The molecule has 6 rings (SSSR count). The monoisotopic (exact) mass is 604 g/mol. The number of aliphatic imine (C=N–C) groups is 2. The number of ether oxygens (including phenoxy) is 1. The van der Waals surface area contributed by atoms with Gasteiger partial charge in [-0.1, -0.05) is 0 Å². The molecular weight excluding hydrogens is 577 g/mol. The van der Waals surface area contributed by atoms with Gasteiger partial charge in [-0.25, -0.2) is 0 Å². The van der Waals surface area contributed by atoms with Crippen molar-refractivity contribution in [1.29, 1.82) is 0 Å². The Morgan fingerprint density at radius 1 is 0.919 bits per heavy atom. The second kappa shape index (κ2) is 11.1. The van der Waals surface area contributed by atoms with Gasteiger partial charge in [0.25, 0.3) is 0 Å². The number of morpholine rings is 1. The number of hydrogen-bond donors (Lipinski definition) is 2. The first kappa shape index (κ1) is 23.7. The van der Waals surface area contributed by atoms with Gasteiger partial charge in [-0.05, 0) is 0 Å². The molecule has 0 unspecified atom stereocenters. The van der Waals surface area contributed by atoms with E-state index in [1.807, 2.05) is 23.4 Å². The Labute approximate surface area is 226 Å². The molecule has 2 aromatic carbocycles. The van der Waals surface area contributed by atoms with Crippen LogP contribution in [0.15, 0.2) is 99.0 Å². The van der Waals surface area contributed by atoms with Crippen molar-refractivity contribution in [3.05, 3.63) is 100 Å². The van der Waals surface area contributed by atoms with Gasteiger partial charge in [0.05, 0.1) is 0 Å². The first-order valence-electron chi connectivity index (χ1n) is 12.2. The van der Waals surface area contributed by atoms with Gasteiger partial charge in [-0.15, -0.1) is 0 Å². The first-order chi connectivity index (χ1) is 18.3. The van der Waals surface area contributed by atoms with E-state index in [-0.39, 0.29) is 21.2 Å². The van der Waals surface area contributed by atoms with Crippen molar-refractivity contribution in [1.82, 2.24) is 10.4 Å². The van der Waals surface area contributed by atoms with Crippen LogP contribution in [0.1, 0.15) is 11.1 Å². The minimum absolute atomic E-state index is 0.339. The van der Waals surface area contributed by atoms with Crippen LogP contribution in [-0.4, -0.2) is 50.0 Å². The normalized spacial score (nSPS) is 17.7. The van der Waals surface area contributed by atoms with Crippen LogP contribution in [0.25, 0.3) is 3.58 Å². The Morgan fingerprint density at radius 2 is 1.76 bits per heavy atom. The van der Waals surface area contributed by atoms with Crippen molar-refractivity contribution in [2.75, 3.05) is 48.2 Å². The third kappa shape index (κ3) is 5.67. The molecule has 1 fully saturated rings. The molecule has 0 aliphatic carbocycles. The second-order valence-corrected chi connectivity index (χ2v) is 11.0. The predicted octanol–water partition coefficient (Wildman–Crippen LogP) is 1.07. The molecule has 8 nitrogen and oxygen atoms in total. The molecule has 37 heavy (non-hydrogen) atoms. The number of nitrogens with one attached hydrogen (secondary N) is 2. The van der Waals surface area contributed by atoms with Gasteiger partial charge in [0.15, 0.2) is 0 Å². The van der Waals surface area contributed by atoms with Gasteiger partial charge in [0, 0.05) is 12.4 Å². The number of anilines is 3.